The van der Waals surface area contributed by atoms with Crippen molar-refractivity contribution < 1.29 is 24.1 Å². The van der Waals surface area contributed by atoms with Crippen LogP contribution in [0.25, 0.3) is 0 Å². The summed E-state index contributed by atoms with van der Waals surface area (Å²) in [6.45, 7) is 5.62. The number of methoxy groups -OCH3 is 2. The molecule has 0 aliphatic carbocycles. The minimum atomic E-state index is -0.0739. The van der Waals surface area contributed by atoms with Gasteiger partial charge in [0.1, 0.15) is 44.2 Å². The van der Waals surface area contributed by atoms with Crippen LogP contribution >= 0.6 is 0 Å². The smallest absolute Gasteiger partial charge is 0.295 e. The van der Waals surface area contributed by atoms with E-state index in [1.54, 1.807) is 31.4 Å². The van der Waals surface area contributed by atoms with Gasteiger partial charge in [0.05, 0.1) is 20.4 Å². The summed E-state index contributed by atoms with van der Waals surface area (Å²) >= 11 is 0. The minimum absolute atomic E-state index is 0.0739. The Labute approximate surface area is 171 Å². The van der Waals surface area contributed by atoms with E-state index in [1.165, 1.54) is 10.5 Å². The topological polar surface area (TPSA) is 68.8 Å². The molecule has 7 nitrogen and oxygen atoms in total. The molecule has 1 amide bonds. The van der Waals surface area contributed by atoms with Crippen LogP contribution in [-0.4, -0.2) is 59.1 Å². The van der Waals surface area contributed by atoms with Crippen molar-refractivity contribution in [2.45, 2.75) is 6.54 Å². The zero-order valence-corrected chi connectivity index (χ0v) is 17.1. The van der Waals surface area contributed by atoms with Crippen LogP contribution in [0.5, 0.6) is 11.5 Å². The van der Waals surface area contributed by atoms with Crippen molar-refractivity contribution in [3.05, 3.63) is 59.7 Å². The molecule has 29 heavy (non-hydrogen) atoms. The lowest BCUT2D eigenvalue weighted by Crippen LogP contribution is -3.28. The molecule has 0 atom stereocenters. The van der Waals surface area contributed by atoms with Gasteiger partial charge in [-0.15, -0.1) is 0 Å². The first-order valence-corrected chi connectivity index (χ1v) is 9.93. The van der Waals surface area contributed by atoms with Gasteiger partial charge in [0.25, 0.3) is 5.91 Å². The summed E-state index contributed by atoms with van der Waals surface area (Å²) in [5.74, 6) is 1.28. The first-order valence-electron chi connectivity index (χ1n) is 9.93. The molecule has 1 heterocycles. The summed E-state index contributed by atoms with van der Waals surface area (Å²) in [5, 5.41) is 4.08. The summed E-state index contributed by atoms with van der Waals surface area (Å²) in [7, 11) is 3.20. The number of carbonyl (C=O) groups is 1. The van der Waals surface area contributed by atoms with Crippen LogP contribution in [0.3, 0.4) is 0 Å². The summed E-state index contributed by atoms with van der Waals surface area (Å²) in [6, 6.07) is 16.0. The number of piperazine rings is 1. The molecule has 1 aliphatic heterocycles. The normalized spacial score (nSPS) is 19.1. The molecular weight excluding hydrogens is 368 g/mol. The van der Waals surface area contributed by atoms with E-state index in [0.29, 0.717) is 18.0 Å². The number of benzene rings is 2. The van der Waals surface area contributed by atoms with Crippen LogP contribution in [0.4, 0.5) is 0 Å². The van der Waals surface area contributed by atoms with Crippen molar-refractivity contribution in [1.29, 1.82) is 0 Å². The number of carbonyl (C=O) groups excluding carboxylic acids is 1. The van der Waals surface area contributed by atoms with E-state index in [2.05, 4.69) is 34.8 Å². The van der Waals surface area contributed by atoms with Crippen molar-refractivity contribution in [1.82, 2.24) is 5.43 Å². The summed E-state index contributed by atoms with van der Waals surface area (Å²) < 4.78 is 10.5. The van der Waals surface area contributed by atoms with E-state index in [0.717, 1.165) is 38.3 Å². The number of nitrogens with zero attached hydrogens (tertiary/aromatic N) is 1. The first kappa shape index (κ1) is 20.8. The van der Waals surface area contributed by atoms with Crippen LogP contribution in [0, 0.1) is 0 Å². The van der Waals surface area contributed by atoms with Gasteiger partial charge < -0.3 is 19.3 Å². The highest BCUT2D eigenvalue weighted by Crippen LogP contribution is 2.22. The molecule has 0 spiro atoms. The molecule has 1 aliphatic rings. The quantitative estimate of drug-likeness (QED) is 0.400. The van der Waals surface area contributed by atoms with Crippen LogP contribution in [0.1, 0.15) is 11.1 Å². The molecule has 3 N–H and O–H groups in total. The predicted octanol–water partition coefficient (Wildman–Crippen LogP) is -0.862. The number of nitrogens with one attached hydrogen (secondary N) is 3. The fourth-order valence-electron chi connectivity index (χ4n) is 3.56. The van der Waals surface area contributed by atoms with E-state index >= 15 is 0 Å². The number of rotatable bonds is 8. The van der Waals surface area contributed by atoms with Gasteiger partial charge in [-0.3, -0.25) is 4.79 Å². The van der Waals surface area contributed by atoms with Crippen LogP contribution in [0.15, 0.2) is 53.6 Å². The number of hydrogen-bond donors (Lipinski definition) is 3. The van der Waals surface area contributed by atoms with Crippen LogP contribution in [-0.2, 0) is 11.3 Å². The average molecular weight is 399 g/mol. The van der Waals surface area contributed by atoms with Gasteiger partial charge in [-0.1, -0.05) is 30.3 Å². The second-order valence-corrected chi connectivity index (χ2v) is 7.24. The van der Waals surface area contributed by atoms with Gasteiger partial charge in [0, 0.05) is 17.2 Å². The Morgan fingerprint density at radius 3 is 2.45 bits per heavy atom. The van der Waals surface area contributed by atoms with E-state index in [4.69, 9.17) is 9.47 Å². The fourth-order valence-corrected chi connectivity index (χ4v) is 3.56. The number of amides is 1. The van der Waals surface area contributed by atoms with E-state index in [-0.39, 0.29) is 5.91 Å². The maximum Gasteiger partial charge on any atom is 0.295 e. The van der Waals surface area contributed by atoms with Gasteiger partial charge in [0.15, 0.2) is 6.54 Å². The SMILES string of the molecule is COc1ccc(/C=N\NC(=O)C[NH+]2CC[NH+](Cc3ccccc3)CC2)c(OC)c1. The summed E-state index contributed by atoms with van der Waals surface area (Å²) in [5.41, 5.74) is 4.77. The molecule has 1 saturated heterocycles. The molecular formula is C22H30N4O3+2. The largest absolute Gasteiger partial charge is 0.497 e. The highest BCUT2D eigenvalue weighted by molar-refractivity contribution is 5.85. The van der Waals surface area contributed by atoms with Crippen molar-refractivity contribution in [3.63, 3.8) is 0 Å². The molecule has 7 heteroatoms. The number of hydrogen-bond acceptors (Lipinski definition) is 4. The Balaban J connectivity index is 1.42. The Morgan fingerprint density at radius 1 is 1.03 bits per heavy atom. The third kappa shape index (κ3) is 6.30. The lowest BCUT2D eigenvalue weighted by molar-refractivity contribution is -1.02. The molecule has 2 aromatic carbocycles. The number of hydrazone groups is 1. The molecule has 0 unspecified atom stereocenters. The maximum atomic E-state index is 12.2. The van der Waals surface area contributed by atoms with Crippen molar-refractivity contribution >= 4 is 12.1 Å². The second kappa shape index (κ2) is 10.6. The second-order valence-electron chi connectivity index (χ2n) is 7.24. The maximum absolute atomic E-state index is 12.2. The monoisotopic (exact) mass is 398 g/mol. The molecule has 1 fully saturated rings. The molecule has 154 valence electrons. The van der Waals surface area contributed by atoms with E-state index in [9.17, 15) is 4.79 Å². The zero-order chi connectivity index (χ0) is 20.5. The van der Waals surface area contributed by atoms with E-state index < -0.39 is 0 Å². The van der Waals surface area contributed by atoms with Crippen molar-refractivity contribution in [2.24, 2.45) is 5.10 Å². The molecule has 0 bridgehead atoms. The number of ether oxygens (including phenoxy) is 2. The molecule has 0 saturated carbocycles. The minimum Gasteiger partial charge on any atom is -0.497 e. The molecule has 0 aromatic heterocycles. The number of quaternary nitrogens is 2. The standard InChI is InChI=1S/C22H28N4O3/c1-28-20-9-8-19(21(14-20)29-2)15-23-24-22(27)17-26-12-10-25(11-13-26)16-18-6-4-3-5-7-18/h3-9,14-15H,10-13,16-17H2,1-2H3,(H,24,27)/p+2/b23-15-. The highest BCUT2D eigenvalue weighted by Gasteiger charge is 2.24. The van der Waals surface area contributed by atoms with Gasteiger partial charge in [-0.25, -0.2) is 5.43 Å². The molecule has 3 rings (SSSR count). The van der Waals surface area contributed by atoms with Crippen LogP contribution in [0.2, 0.25) is 0 Å². The summed E-state index contributed by atoms with van der Waals surface area (Å²) in [4.78, 5) is 15.1. The first-order chi connectivity index (χ1) is 14.2. The lowest BCUT2D eigenvalue weighted by Gasteiger charge is -2.29. The third-order valence-electron chi connectivity index (χ3n) is 5.21. The Bertz CT molecular complexity index is 818. The predicted molar refractivity (Wildman–Crippen MR) is 112 cm³/mol. The van der Waals surface area contributed by atoms with Crippen molar-refractivity contribution in [2.75, 3.05) is 46.9 Å². The Kier molecular flexibility index (Phi) is 7.61. The summed E-state index contributed by atoms with van der Waals surface area (Å²) in [6.07, 6.45) is 1.59. The van der Waals surface area contributed by atoms with Gasteiger partial charge in [0.2, 0.25) is 0 Å². The van der Waals surface area contributed by atoms with E-state index in [1.807, 2.05) is 18.2 Å². The molecule has 0 radical (unpaired) electrons. The Morgan fingerprint density at radius 2 is 1.76 bits per heavy atom. The third-order valence-corrected chi connectivity index (χ3v) is 5.21. The highest BCUT2D eigenvalue weighted by atomic mass is 16.5. The molecule has 2 aromatic rings. The van der Waals surface area contributed by atoms with Gasteiger partial charge >= 0.3 is 0 Å². The average Bonchev–Trinajstić information content (AvgIpc) is 2.76. The van der Waals surface area contributed by atoms with Crippen LogP contribution < -0.4 is 24.7 Å². The van der Waals surface area contributed by atoms with Crippen molar-refractivity contribution in [3.8, 4) is 11.5 Å². The lowest BCUT2D eigenvalue weighted by atomic mass is 10.2. The fraction of sp³-hybridized carbons (Fsp3) is 0.364. The van der Waals surface area contributed by atoms with Gasteiger partial charge in [-0.05, 0) is 12.1 Å². The Hall–Kier alpha value is -2.90. The zero-order valence-electron chi connectivity index (χ0n) is 17.1. The van der Waals surface area contributed by atoms with Gasteiger partial charge in [-0.2, -0.15) is 5.10 Å².